The summed E-state index contributed by atoms with van der Waals surface area (Å²) in [6, 6.07) is 12.4. The third kappa shape index (κ3) is 3.82. The van der Waals surface area contributed by atoms with Gasteiger partial charge < -0.3 is 10.6 Å². The molecule has 1 aliphatic carbocycles. The molecule has 0 radical (unpaired) electrons. The number of rotatable bonds is 3. The van der Waals surface area contributed by atoms with E-state index in [1.54, 1.807) is 10.7 Å². The van der Waals surface area contributed by atoms with E-state index in [0.717, 1.165) is 11.3 Å². The molecule has 0 spiro atoms. The van der Waals surface area contributed by atoms with Gasteiger partial charge in [-0.3, -0.25) is 9.59 Å². The van der Waals surface area contributed by atoms with Crippen molar-refractivity contribution in [3.8, 4) is 0 Å². The molecule has 33 heavy (non-hydrogen) atoms. The van der Waals surface area contributed by atoms with E-state index in [1.165, 1.54) is 30.5 Å². The maximum atomic E-state index is 13.3. The molecule has 5 rings (SSSR count). The topological polar surface area (TPSA) is 76.0 Å². The van der Waals surface area contributed by atoms with Crippen LogP contribution in [0.1, 0.15) is 48.7 Å². The summed E-state index contributed by atoms with van der Waals surface area (Å²) in [6.07, 6.45) is 2.54. The number of nitrogens with one attached hydrogen (secondary N) is 2. The van der Waals surface area contributed by atoms with Crippen molar-refractivity contribution in [3.05, 3.63) is 88.0 Å². The van der Waals surface area contributed by atoms with E-state index in [1.807, 2.05) is 18.2 Å². The Morgan fingerprint density at radius 2 is 1.91 bits per heavy atom. The average molecular weight is 465 g/mol. The molecule has 1 atom stereocenters. The Hall–Kier alpha value is -3.45. The fraction of sp³-hybridized carbons (Fsp3) is 0.240. The van der Waals surface area contributed by atoms with Crippen LogP contribution in [0.3, 0.4) is 0 Å². The van der Waals surface area contributed by atoms with Gasteiger partial charge in [0.05, 0.1) is 6.20 Å². The summed E-state index contributed by atoms with van der Waals surface area (Å²) >= 11 is 6.54. The fourth-order valence-electron chi connectivity index (χ4n) is 4.59. The lowest BCUT2D eigenvalue weighted by Gasteiger charge is -2.39. The number of ketones is 1. The van der Waals surface area contributed by atoms with Gasteiger partial charge in [0.2, 0.25) is 0 Å². The SMILES string of the molecule is CC1(C)CC(=O)C2=C(C1)Nc1c(C(=O)Nc3ccc(F)cc3)cnn1C2c1ccccc1Cl. The van der Waals surface area contributed by atoms with Gasteiger partial charge in [-0.15, -0.1) is 0 Å². The van der Waals surface area contributed by atoms with Gasteiger partial charge in [-0.05, 0) is 47.7 Å². The Kier molecular flexibility index (Phi) is 5.09. The largest absolute Gasteiger partial charge is 0.343 e. The summed E-state index contributed by atoms with van der Waals surface area (Å²) in [5, 5.41) is 11.1. The zero-order chi connectivity index (χ0) is 23.3. The first-order valence-corrected chi connectivity index (χ1v) is 11.0. The summed E-state index contributed by atoms with van der Waals surface area (Å²) in [5.74, 6) is -0.246. The lowest BCUT2D eigenvalue weighted by molar-refractivity contribution is -0.118. The third-order valence-electron chi connectivity index (χ3n) is 6.05. The zero-order valence-electron chi connectivity index (χ0n) is 18.2. The summed E-state index contributed by atoms with van der Waals surface area (Å²) in [4.78, 5) is 26.4. The van der Waals surface area contributed by atoms with Crippen LogP contribution in [0.2, 0.25) is 5.02 Å². The quantitative estimate of drug-likeness (QED) is 0.530. The molecule has 0 saturated heterocycles. The monoisotopic (exact) mass is 464 g/mol. The smallest absolute Gasteiger partial charge is 0.261 e. The van der Waals surface area contributed by atoms with Crippen molar-refractivity contribution in [3.63, 3.8) is 0 Å². The van der Waals surface area contributed by atoms with Gasteiger partial charge in [0.25, 0.3) is 5.91 Å². The highest BCUT2D eigenvalue weighted by molar-refractivity contribution is 6.31. The number of anilines is 2. The molecule has 1 unspecified atom stereocenters. The van der Waals surface area contributed by atoms with Crippen molar-refractivity contribution >= 4 is 34.8 Å². The van der Waals surface area contributed by atoms with Gasteiger partial charge >= 0.3 is 0 Å². The van der Waals surface area contributed by atoms with Crippen LogP contribution in [-0.2, 0) is 4.79 Å². The average Bonchev–Trinajstić information content (AvgIpc) is 3.17. The minimum atomic E-state index is -0.541. The Morgan fingerprint density at radius 1 is 1.18 bits per heavy atom. The van der Waals surface area contributed by atoms with Crippen molar-refractivity contribution in [1.29, 1.82) is 0 Å². The molecule has 1 aromatic heterocycles. The molecule has 6 nitrogen and oxygen atoms in total. The van der Waals surface area contributed by atoms with Gasteiger partial charge in [0.15, 0.2) is 5.78 Å². The van der Waals surface area contributed by atoms with Crippen LogP contribution in [0.5, 0.6) is 0 Å². The van der Waals surface area contributed by atoms with Gasteiger partial charge in [-0.2, -0.15) is 5.10 Å². The number of carbonyl (C=O) groups excluding carboxylic acids is 2. The van der Waals surface area contributed by atoms with E-state index >= 15 is 0 Å². The second-order valence-corrected chi connectivity index (χ2v) is 9.60. The Morgan fingerprint density at radius 3 is 2.64 bits per heavy atom. The number of fused-ring (bicyclic) bond motifs is 1. The number of Topliss-reactive ketones (excluding diaryl/α,β-unsaturated/α-hetero) is 1. The molecule has 168 valence electrons. The molecule has 0 fully saturated rings. The number of amides is 1. The second-order valence-electron chi connectivity index (χ2n) is 9.19. The van der Waals surface area contributed by atoms with E-state index in [2.05, 4.69) is 29.6 Å². The molecule has 2 N–H and O–H groups in total. The Bertz CT molecular complexity index is 1310. The summed E-state index contributed by atoms with van der Waals surface area (Å²) in [6.45, 7) is 4.10. The van der Waals surface area contributed by atoms with Gasteiger partial charge in [0.1, 0.15) is 23.2 Å². The van der Waals surface area contributed by atoms with Crippen LogP contribution in [0.15, 0.2) is 66.0 Å². The normalized spacial score (nSPS) is 18.9. The number of nitrogens with zero attached hydrogens (tertiary/aromatic N) is 2. The Labute approximate surface area is 195 Å². The number of aromatic nitrogens is 2. The third-order valence-corrected chi connectivity index (χ3v) is 6.39. The van der Waals surface area contributed by atoms with Crippen LogP contribution in [0.25, 0.3) is 0 Å². The highest BCUT2D eigenvalue weighted by Gasteiger charge is 2.42. The number of hydrogen-bond acceptors (Lipinski definition) is 4. The van der Waals surface area contributed by atoms with Crippen LogP contribution in [0, 0.1) is 11.2 Å². The molecule has 1 aliphatic heterocycles. The minimum absolute atomic E-state index is 0.0390. The molecular weight excluding hydrogens is 443 g/mol. The number of halogens is 2. The Balaban J connectivity index is 1.60. The molecule has 2 aromatic carbocycles. The lowest BCUT2D eigenvalue weighted by atomic mass is 9.73. The molecular formula is C25H22ClFN4O2. The van der Waals surface area contributed by atoms with Crippen LogP contribution >= 0.6 is 11.6 Å². The van der Waals surface area contributed by atoms with Crippen molar-refractivity contribution in [2.24, 2.45) is 5.41 Å². The molecule has 0 bridgehead atoms. The molecule has 3 aromatic rings. The van der Waals surface area contributed by atoms with E-state index < -0.39 is 11.9 Å². The van der Waals surface area contributed by atoms with E-state index in [9.17, 15) is 14.0 Å². The molecule has 8 heteroatoms. The van der Waals surface area contributed by atoms with E-state index in [-0.39, 0.29) is 17.0 Å². The lowest BCUT2D eigenvalue weighted by Crippen LogP contribution is -2.37. The van der Waals surface area contributed by atoms with E-state index in [4.69, 9.17) is 11.6 Å². The standard InChI is InChI=1S/C25H22ClFN4O2/c1-25(2)11-19-21(20(32)12-25)22(16-5-3-4-6-18(16)26)31-23(30-19)17(13-28-31)24(33)29-15-9-7-14(27)8-10-15/h3-10,13,22,30H,11-12H2,1-2H3,(H,29,33). The predicted octanol–water partition coefficient (Wildman–Crippen LogP) is 5.59. The van der Waals surface area contributed by atoms with Crippen molar-refractivity contribution < 1.29 is 14.0 Å². The van der Waals surface area contributed by atoms with Crippen molar-refractivity contribution in [2.45, 2.75) is 32.7 Å². The van der Waals surface area contributed by atoms with Crippen LogP contribution < -0.4 is 10.6 Å². The summed E-state index contributed by atoms with van der Waals surface area (Å²) in [5.41, 5.74) is 2.73. The minimum Gasteiger partial charge on any atom is -0.343 e. The molecule has 2 aliphatic rings. The van der Waals surface area contributed by atoms with E-state index in [0.29, 0.717) is 40.5 Å². The van der Waals surface area contributed by atoms with Gasteiger partial charge in [-0.25, -0.2) is 9.07 Å². The van der Waals surface area contributed by atoms with Crippen molar-refractivity contribution in [1.82, 2.24) is 9.78 Å². The zero-order valence-corrected chi connectivity index (χ0v) is 18.9. The maximum Gasteiger partial charge on any atom is 0.261 e. The number of carbonyl (C=O) groups is 2. The first-order valence-electron chi connectivity index (χ1n) is 10.7. The number of hydrogen-bond donors (Lipinski definition) is 2. The number of allylic oxidation sites excluding steroid dienone is 2. The molecule has 0 saturated carbocycles. The maximum absolute atomic E-state index is 13.3. The predicted molar refractivity (Wildman–Crippen MR) is 125 cm³/mol. The highest BCUT2D eigenvalue weighted by Crippen LogP contribution is 2.47. The second kappa shape index (κ2) is 7.85. The van der Waals surface area contributed by atoms with Crippen molar-refractivity contribution in [2.75, 3.05) is 10.6 Å². The fourth-order valence-corrected chi connectivity index (χ4v) is 4.83. The van der Waals surface area contributed by atoms with Gasteiger partial charge in [0, 0.05) is 28.4 Å². The molecule has 2 heterocycles. The highest BCUT2D eigenvalue weighted by atomic mass is 35.5. The number of benzene rings is 2. The first-order chi connectivity index (χ1) is 15.7. The van der Waals surface area contributed by atoms with Crippen LogP contribution in [-0.4, -0.2) is 21.5 Å². The summed E-state index contributed by atoms with van der Waals surface area (Å²) < 4.78 is 14.9. The van der Waals surface area contributed by atoms with Gasteiger partial charge in [-0.1, -0.05) is 43.6 Å². The van der Waals surface area contributed by atoms with Crippen LogP contribution in [0.4, 0.5) is 15.9 Å². The molecule has 1 amide bonds. The summed E-state index contributed by atoms with van der Waals surface area (Å²) in [7, 11) is 0. The first kappa shape index (κ1) is 21.4.